The van der Waals surface area contributed by atoms with Gasteiger partial charge < -0.3 is 4.90 Å². The Labute approximate surface area is 152 Å². The molecule has 4 aromatic rings. The minimum atomic E-state index is 0.803. The lowest BCUT2D eigenvalue weighted by Crippen LogP contribution is -2.11. The molecular formula is C19H23N7. The number of H-pyrrole nitrogens is 1. The molecule has 7 nitrogen and oxygen atoms in total. The maximum absolute atomic E-state index is 4.33. The normalized spacial score (nSPS) is 10.5. The Morgan fingerprint density at radius 2 is 1.88 bits per heavy atom. The second kappa shape index (κ2) is 7.77. The van der Waals surface area contributed by atoms with Crippen LogP contribution in [0.1, 0.15) is 20.3 Å². The number of rotatable bonds is 3. The van der Waals surface area contributed by atoms with Crippen molar-refractivity contribution in [3.63, 3.8) is 0 Å². The zero-order valence-electron chi connectivity index (χ0n) is 15.5. The van der Waals surface area contributed by atoms with Crippen LogP contribution in [-0.2, 0) is 0 Å². The first-order valence-electron chi connectivity index (χ1n) is 8.63. The van der Waals surface area contributed by atoms with Crippen molar-refractivity contribution in [2.75, 3.05) is 19.0 Å². The fraction of sp³-hybridized carbons (Fsp3) is 0.263. The molecule has 0 bridgehead atoms. The molecule has 0 amide bonds. The maximum Gasteiger partial charge on any atom is 0.150 e. The summed E-state index contributed by atoms with van der Waals surface area (Å²) < 4.78 is 1.82. The molecule has 26 heavy (non-hydrogen) atoms. The van der Waals surface area contributed by atoms with E-state index in [1.54, 1.807) is 12.4 Å². The van der Waals surface area contributed by atoms with Gasteiger partial charge in [-0.2, -0.15) is 10.2 Å². The largest absolute Gasteiger partial charge is 0.361 e. The summed E-state index contributed by atoms with van der Waals surface area (Å²) in [6, 6.07) is 9.83. The third kappa shape index (κ3) is 3.42. The van der Waals surface area contributed by atoms with Crippen molar-refractivity contribution < 1.29 is 0 Å². The molecule has 0 aliphatic carbocycles. The molecule has 134 valence electrons. The number of benzene rings is 1. The van der Waals surface area contributed by atoms with Crippen molar-refractivity contribution in [2.45, 2.75) is 20.3 Å². The second-order valence-electron chi connectivity index (χ2n) is 6.12. The summed E-state index contributed by atoms with van der Waals surface area (Å²) >= 11 is 0. The number of fused-ring (bicyclic) bond motifs is 1. The lowest BCUT2D eigenvalue weighted by molar-refractivity contribution is 0.888. The summed E-state index contributed by atoms with van der Waals surface area (Å²) in [7, 11) is 3.88. The molecule has 0 radical (unpaired) electrons. The van der Waals surface area contributed by atoms with E-state index >= 15 is 0 Å². The molecule has 3 heterocycles. The Morgan fingerprint density at radius 3 is 2.50 bits per heavy atom. The van der Waals surface area contributed by atoms with Gasteiger partial charge in [0.2, 0.25) is 0 Å². The molecule has 0 aliphatic heterocycles. The van der Waals surface area contributed by atoms with Gasteiger partial charge in [0.05, 0.1) is 23.1 Å². The van der Waals surface area contributed by atoms with Crippen LogP contribution in [0.25, 0.3) is 27.8 Å². The van der Waals surface area contributed by atoms with Crippen molar-refractivity contribution in [1.82, 2.24) is 30.2 Å². The predicted octanol–water partition coefficient (Wildman–Crippen LogP) is 3.69. The van der Waals surface area contributed by atoms with E-state index in [0.717, 1.165) is 33.7 Å². The third-order valence-corrected chi connectivity index (χ3v) is 3.73. The number of hydrogen-bond donors (Lipinski definition) is 1. The van der Waals surface area contributed by atoms with Crippen molar-refractivity contribution in [1.29, 1.82) is 0 Å². The van der Waals surface area contributed by atoms with Crippen LogP contribution in [0, 0.1) is 0 Å². The maximum atomic E-state index is 4.33. The first kappa shape index (κ1) is 17.6. The first-order chi connectivity index (χ1) is 12.7. The highest BCUT2D eigenvalue weighted by atomic mass is 15.3. The second-order valence-corrected chi connectivity index (χ2v) is 6.12. The Hall–Kier alpha value is -3.22. The predicted molar refractivity (Wildman–Crippen MR) is 105 cm³/mol. The Bertz CT molecular complexity index is 953. The van der Waals surface area contributed by atoms with Gasteiger partial charge in [0, 0.05) is 37.4 Å². The average Bonchev–Trinajstić information content (AvgIpc) is 3.33. The first-order valence-corrected chi connectivity index (χ1v) is 8.63. The fourth-order valence-corrected chi connectivity index (χ4v) is 2.55. The van der Waals surface area contributed by atoms with Gasteiger partial charge in [0.15, 0.2) is 5.82 Å². The highest BCUT2D eigenvalue weighted by molar-refractivity contribution is 5.97. The smallest absolute Gasteiger partial charge is 0.150 e. The monoisotopic (exact) mass is 349 g/mol. The fourth-order valence-electron chi connectivity index (χ4n) is 2.55. The molecular weight excluding hydrogens is 326 g/mol. The lowest BCUT2D eigenvalue weighted by Gasteiger charge is -2.11. The van der Waals surface area contributed by atoms with Crippen LogP contribution in [0.5, 0.6) is 0 Å². The van der Waals surface area contributed by atoms with E-state index in [9.17, 15) is 0 Å². The molecule has 0 spiro atoms. The zero-order chi connectivity index (χ0) is 18.5. The summed E-state index contributed by atoms with van der Waals surface area (Å²) in [5.74, 6) is 0.822. The van der Waals surface area contributed by atoms with Gasteiger partial charge in [-0.25, -0.2) is 4.68 Å². The quantitative estimate of drug-likeness (QED) is 0.610. The molecule has 0 saturated carbocycles. The van der Waals surface area contributed by atoms with Crippen LogP contribution in [0.15, 0.2) is 48.9 Å². The van der Waals surface area contributed by atoms with Gasteiger partial charge >= 0.3 is 0 Å². The Morgan fingerprint density at radius 1 is 1.08 bits per heavy atom. The van der Waals surface area contributed by atoms with Gasteiger partial charge in [-0.05, 0) is 30.3 Å². The summed E-state index contributed by atoms with van der Waals surface area (Å²) in [4.78, 5) is 1.92. The van der Waals surface area contributed by atoms with E-state index in [2.05, 4.69) is 39.3 Å². The molecule has 0 saturated heterocycles. The molecule has 3 aromatic heterocycles. The Balaban J connectivity index is 0.000000613. The van der Waals surface area contributed by atoms with Gasteiger partial charge in [0.1, 0.15) is 0 Å². The number of nitrogens with zero attached hydrogens (tertiary/aromatic N) is 6. The number of hydrogen-bond acceptors (Lipinski definition) is 5. The summed E-state index contributed by atoms with van der Waals surface area (Å²) in [6.07, 6.45) is 6.72. The summed E-state index contributed by atoms with van der Waals surface area (Å²) in [5.41, 5.74) is 3.66. The summed E-state index contributed by atoms with van der Waals surface area (Å²) in [5, 5.41) is 21.1. The Kier molecular flexibility index (Phi) is 5.26. The van der Waals surface area contributed by atoms with Gasteiger partial charge in [-0.15, -0.1) is 10.2 Å². The summed E-state index contributed by atoms with van der Waals surface area (Å²) in [6.45, 7) is 4.25. The van der Waals surface area contributed by atoms with Crippen molar-refractivity contribution in [2.24, 2.45) is 0 Å². The minimum absolute atomic E-state index is 0.803. The van der Waals surface area contributed by atoms with E-state index in [0.29, 0.717) is 0 Å². The van der Waals surface area contributed by atoms with Crippen LogP contribution >= 0.6 is 0 Å². The van der Waals surface area contributed by atoms with Gasteiger partial charge in [0.25, 0.3) is 0 Å². The number of aromatic amines is 1. The minimum Gasteiger partial charge on any atom is -0.361 e. The molecule has 7 heteroatoms. The lowest BCUT2D eigenvalue weighted by atomic mass is 10.1. The van der Waals surface area contributed by atoms with Crippen LogP contribution in [0.3, 0.4) is 0 Å². The topological polar surface area (TPSA) is 75.5 Å². The number of nitrogens with one attached hydrogen (secondary N) is 1. The van der Waals surface area contributed by atoms with E-state index in [-0.39, 0.29) is 0 Å². The third-order valence-electron chi connectivity index (χ3n) is 3.73. The van der Waals surface area contributed by atoms with Crippen molar-refractivity contribution in [3.05, 3.63) is 48.9 Å². The molecule has 0 atom stereocenters. The van der Waals surface area contributed by atoms with Crippen LogP contribution < -0.4 is 4.90 Å². The van der Waals surface area contributed by atoms with E-state index < -0.39 is 0 Å². The van der Waals surface area contributed by atoms with Crippen molar-refractivity contribution >= 4 is 16.7 Å². The van der Waals surface area contributed by atoms with E-state index in [4.69, 9.17) is 0 Å². The average molecular weight is 349 g/mol. The van der Waals surface area contributed by atoms with E-state index in [1.165, 1.54) is 6.42 Å². The van der Waals surface area contributed by atoms with Gasteiger partial charge in [-0.3, -0.25) is 5.10 Å². The van der Waals surface area contributed by atoms with E-state index in [1.807, 2.05) is 60.2 Å². The highest BCUT2D eigenvalue weighted by Crippen LogP contribution is 2.29. The SMILES string of the molecule is CCC.CN(C)c1ccc(-c2ccc(-n3cccn3)c3cn[nH]c23)nn1. The standard InChI is InChI=1S/C16H15N7.C3H8/c1-22(2)15-7-5-13(19-20-15)11-4-6-14(23-9-3-8-18-23)12-10-17-21-16(11)12;1-3-2/h3-10H,1-2H3,(H,17,21);3H2,1-2H3. The highest BCUT2D eigenvalue weighted by Gasteiger charge is 2.12. The van der Waals surface area contributed by atoms with Crippen LogP contribution in [0.4, 0.5) is 5.82 Å². The number of aromatic nitrogens is 6. The van der Waals surface area contributed by atoms with Crippen LogP contribution in [0.2, 0.25) is 0 Å². The molecule has 0 fully saturated rings. The van der Waals surface area contributed by atoms with Crippen LogP contribution in [-0.4, -0.2) is 44.3 Å². The molecule has 0 unspecified atom stereocenters. The molecule has 0 aliphatic rings. The van der Waals surface area contributed by atoms with Crippen molar-refractivity contribution in [3.8, 4) is 16.9 Å². The molecule has 1 N–H and O–H groups in total. The van der Waals surface area contributed by atoms with Gasteiger partial charge in [-0.1, -0.05) is 20.3 Å². The molecule has 1 aromatic carbocycles. The number of anilines is 1. The molecule has 4 rings (SSSR count). The zero-order valence-corrected chi connectivity index (χ0v) is 15.5.